The van der Waals surface area contributed by atoms with Crippen molar-refractivity contribution in [3.05, 3.63) is 24.0 Å². The lowest BCUT2D eigenvalue weighted by molar-refractivity contribution is 0.224. The molecule has 1 fully saturated rings. The standard InChI is InChI=1S/C14H24N4O2S/c1-3-17(4-2)12-7-9-18(11-12)21(19,20)14-6-5-8-16-13(14)10-15/h5-6,8,12H,3-4,7,9-11,15H2,1-2H3. The molecule has 2 heterocycles. The van der Waals surface area contributed by atoms with Crippen molar-refractivity contribution in [3.63, 3.8) is 0 Å². The van der Waals surface area contributed by atoms with Gasteiger partial charge in [0.15, 0.2) is 0 Å². The van der Waals surface area contributed by atoms with E-state index in [1.807, 2.05) is 0 Å². The Labute approximate surface area is 127 Å². The average molecular weight is 312 g/mol. The van der Waals surface area contributed by atoms with Gasteiger partial charge in [-0.3, -0.25) is 9.88 Å². The molecule has 2 N–H and O–H groups in total. The highest BCUT2D eigenvalue weighted by Gasteiger charge is 2.35. The van der Waals surface area contributed by atoms with Crippen molar-refractivity contribution in [2.45, 2.75) is 37.8 Å². The minimum absolute atomic E-state index is 0.128. The topological polar surface area (TPSA) is 79.5 Å². The van der Waals surface area contributed by atoms with Gasteiger partial charge in [-0.1, -0.05) is 13.8 Å². The van der Waals surface area contributed by atoms with E-state index in [1.54, 1.807) is 22.6 Å². The molecule has 0 aromatic carbocycles. The van der Waals surface area contributed by atoms with Crippen LogP contribution in [-0.2, 0) is 16.6 Å². The lowest BCUT2D eigenvalue weighted by atomic mass is 10.2. The van der Waals surface area contributed by atoms with Gasteiger partial charge in [-0.25, -0.2) is 8.42 Å². The summed E-state index contributed by atoms with van der Waals surface area (Å²) >= 11 is 0. The summed E-state index contributed by atoms with van der Waals surface area (Å²) < 4.78 is 27.1. The van der Waals surface area contributed by atoms with E-state index in [-0.39, 0.29) is 11.4 Å². The maximum Gasteiger partial charge on any atom is 0.244 e. The first-order chi connectivity index (χ1) is 10.0. The van der Waals surface area contributed by atoms with Crippen LogP contribution in [0.5, 0.6) is 0 Å². The van der Waals surface area contributed by atoms with Crippen LogP contribution in [0.25, 0.3) is 0 Å². The molecular weight excluding hydrogens is 288 g/mol. The summed E-state index contributed by atoms with van der Waals surface area (Å²) in [6, 6.07) is 3.53. The molecule has 21 heavy (non-hydrogen) atoms. The fourth-order valence-electron chi connectivity index (χ4n) is 2.92. The van der Waals surface area contributed by atoms with Crippen molar-refractivity contribution in [2.75, 3.05) is 26.2 Å². The van der Waals surface area contributed by atoms with E-state index in [0.717, 1.165) is 19.5 Å². The van der Waals surface area contributed by atoms with Gasteiger partial charge in [-0.05, 0) is 31.6 Å². The fraction of sp³-hybridized carbons (Fsp3) is 0.643. The van der Waals surface area contributed by atoms with Crippen LogP contribution in [0.4, 0.5) is 0 Å². The van der Waals surface area contributed by atoms with Crippen molar-refractivity contribution >= 4 is 10.0 Å². The number of sulfonamides is 1. The third-order valence-electron chi connectivity index (χ3n) is 4.11. The van der Waals surface area contributed by atoms with Gasteiger partial charge in [0.25, 0.3) is 0 Å². The molecule has 1 aliphatic heterocycles. The second kappa shape index (κ2) is 6.83. The third kappa shape index (κ3) is 3.26. The van der Waals surface area contributed by atoms with E-state index in [4.69, 9.17) is 5.73 Å². The van der Waals surface area contributed by atoms with E-state index in [1.165, 1.54) is 0 Å². The molecule has 0 saturated carbocycles. The smallest absolute Gasteiger partial charge is 0.244 e. The molecule has 0 amide bonds. The molecule has 0 bridgehead atoms. The van der Waals surface area contributed by atoms with Crippen LogP contribution < -0.4 is 5.73 Å². The van der Waals surface area contributed by atoms with E-state index in [0.29, 0.717) is 24.8 Å². The molecule has 2 rings (SSSR count). The predicted octanol–water partition coefficient (Wildman–Crippen LogP) is 0.645. The van der Waals surface area contributed by atoms with E-state index in [9.17, 15) is 8.42 Å². The zero-order chi connectivity index (χ0) is 15.5. The molecule has 0 spiro atoms. The number of nitrogens with two attached hydrogens (primary N) is 1. The van der Waals surface area contributed by atoms with Crippen LogP contribution in [0, 0.1) is 0 Å². The number of likely N-dealkylation sites (N-methyl/N-ethyl adjacent to an activating group) is 1. The molecular formula is C14H24N4O2S. The molecule has 7 heteroatoms. The SMILES string of the molecule is CCN(CC)C1CCN(S(=O)(=O)c2cccnc2CN)C1. The molecule has 1 atom stereocenters. The van der Waals surface area contributed by atoms with E-state index >= 15 is 0 Å². The molecule has 0 aliphatic carbocycles. The lowest BCUT2D eigenvalue weighted by Gasteiger charge is -2.26. The van der Waals surface area contributed by atoms with Gasteiger partial charge in [-0.15, -0.1) is 0 Å². The van der Waals surface area contributed by atoms with Gasteiger partial charge >= 0.3 is 0 Å². The van der Waals surface area contributed by atoms with Gasteiger partial charge < -0.3 is 5.73 Å². The Morgan fingerprint density at radius 2 is 2.14 bits per heavy atom. The summed E-state index contributed by atoms with van der Waals surface area (Å²) in [5, 5.41) is 0. The van der Waals surface area contributed by atoms with Crippen LogP contribution >= 0.6 is 0 Å². The van der Waals surface area contributed by atoms with Crippen LogP contribution in [0.15, 0.2) is 23.2 Å². The van der Waals surface area contributed by atoms with Gasteiger partial charge in [0, 0.05) is 31.9 Å². The molecule has 1 unspecified atom stereocenters. The van der Waals surface area contributed by atoms with Gasteiger partial charge in [0.05, 0.1) is 5.69 Å². The fourth-order valence-corrected chi connectivity index (χ4v) is 4.59. The van der Waals surface area contributed by atoms with Crippen molar-refractivity contribution < 1.29 is 8.42 Å². The number of hydrogen-bond acceptors (Lipinski definition) is 5. The van der Waals surface area contributed by atoms with Crippen molar-refractivity contribution in [3.8, 4) is 0 Å². The first-order valence-electron chi connectivity index (χ1n) is 7.42. The summed E-state index contributed by atoms with van der Waals surface area (Å²) in [4.78, 5) is 6.63. The highest BCUT2D eigenvalue weighted by atomic mass is 32.2. The summed E-state index contributed by atoms with van der Waals surface area (Å²) in [6.07, 6.45) is 2.45. The Morgan fingerprint density at radius 1 is 1.43 bits per heavy atom. The number of rotatable bonds is 6. The number of aromatic nitrogens is 1. The van der Waals surface area contributed by atoms with Crippen LogP contribution in [0.1, 0.15) is 26.0 Å². The number of hydrogen-bond donors (Lipinski definition) is 1. The van der Waals surface area contributed by atoms with Crippen molar-refractivity contribution in [1.82, 2.24) is 14.2 Å². The molecule has 118 valence electrons. The molecule has 1 aromatic heterocycles. The zero-order valence-electron chi connectivity index (χ0n) is 12.7. The number of pyridine rings is 1. The monoisotopic (exact) mass is 312 g/mol. The summed E-state index contributed by atoms with van der Waals surface area (Å²) in [5.74, 6) is 0. The van der Waals surface area contributed by atoms with Crippen molar-refractivity contribution in [1.29, 1.82) is 0 Å². The second-order valence-electron chi connectivity index (χ2n) is 5.18. The Morgan fingerprint density at radius 3 is 2.76 bits per heavy atom. The lowest BCUT2D eigenvalue weighted by Crippen LogP contribution is -2.38. The molecule has 1 aliphatic rings. The third-order valence-corrected chi connectivity index (χ3v) is 6.05. The Hall–Kier alpha value is -1.02. The highest BCUT2D eigenvalue weighted by molar-refractivity contribution is 7.89. The Balaban J connectivity index is 2.22. The van der Waals surface area contributed by atoms with Gasteiger partial charge in [0.2, 0.25) is 10.0 Å². The quantitative estimate of drug-likeness (QED) is 0.834. The van der Waals surface area contributed by atoms with Crippen LogP contribution in [0.3, 0.4) is 0 Å². The zero-order valence-corrected chi connectivity index (χ0v) is 13.5. The molecule has 1 aromatic rings. The largest absolute Gasteiger partial charge is 0.325 e. The maximum atomic E-state index is 12.8. The predicted molar refractivity (Wildman–Crippen MR) is 82.2 cm³/mol. The highest BCUT2D eigenvalue weighted by Crippen LogP contribution is 2.24. The summed E-state index contributed by atoms with van der Waals surface area (Å²) in [7, 11) is -3.50. The van der Waals surface area contributed by atoms with E-state index in [2.05, 4.69) is 23.7 Å². The normalized spacial score (nSPS) is 20.3. The maximum absolute atomic E-state index is 12.8. The Bertz CT molecular complexity index is 572. The van der Waals surface area contributed by atoms with Crippen LogP contribution in [-0.4, -0.2) is 54.8 Å². The molecule has 0 radical (unpaired) electrons. The minimum atomic E-state index is -3.50. The van der Waals surface area contributed by atoms with Crippen LogP contribution in [0.2, 0.25) is 0 Å². The molecule has 1 saturated heterocycles. The first kappa shape index (κ1) is 16.4. The summed E-state index contributed by atoms with van der Waals surface area (Å²) in [5.41, 5.74) is 6.04. The summed E-state index contributed by atoms with van der Waals surface area (Å²) in [6.45, 7) is 7.32. The van der Waals surface area contributed by atoms with E-state index < -0.39 is 10.0 Å². The van der Waals surface area contributed by atoms with Gasteiger partial charge in [-0.2, -0.15) is 4.31 Å². The number of nitrogens with zero attached hydrogens (tertiary/aromatic N) is 3. The second-order valence-corrected chi connectivity index (χ2v) is 7.09. The first-order valence-corrected chi connectivity index (χ1v) is 8.86. The Kier molecular flexibility index (Phi) is 5.32. The average Bonchev–Trinajstić information content (AvgIpc) is 2.99. The molecule has 6 nitrogen and oxygen atoms in total. The minimum Gasteiger partial charge on any atom is -0.325 e. The van der Waals surface area contributed by atoms with Gasteiger partial charge in [0.1, 0.15) is 4.90 Å². The van der Waals surface area contributed by atoms with Crippen molar-refractivity contribution in [2.24, 2.45) is 5.73 Å².